The number of hydrogen-bond donors (Lipinski definition) is 0. The number of nitrogens with zero attached hydrogens (tertiary/aromatic N) is 1. The van der Waals surface area contributed by atoms with Crippen molar-refractivity contribution in [3.8, 4) is 0 Å². The van der Waals surface area contributed by atoms with Gasteiger partial charge >= 0.3 is 0 Å². The van der Waals surface area contributed by atoms with Crippen molar-refractivity contribution in [2.24, 2.45) is 0 Å². The number of amides is 1. The van der Waals surface area contributed by atoms with Crippen LogP contribution in [0.2, 0.25) is 0 Å². The van der Waals surface area contributed by atoms with Crippen molar-refractivity contribution in [1.82, 2.24) is 4.90 Å². The molecule has 0 bridgehead atoms. The van der Waals surface area contributed by atoms with E-state index in [0.29, 0.717) is 19.4 Å². The van der Waals surface area contributed by atoms with Gasteiger partial charge in [-0.1, -0.05) is 0 Å². The SMILES string of the molecule is CC(C)O[C@H]1CCN(C=O)C[C@H]1F. The van der Waals surface area contributed by atoms with Crippen molar-refractivity contribution in [3.05, 3.63) is 0 Å². The molecule has 0 aromatic carbocycles. The second kappa shape index (κ2) is 4.56. The molecular weight excluding hydrogens is 173 g/mol. The molecule has 1 heterocycles. The highest BCUT2D eigenvalue weighted by molar-refractivity contribution is 5.47. The van der Waals surface area contributed by atoms with Crippen LogP contribution in [-0.4, -0.2) is 42.8 Å². The van der Waals surface area contributed by atoms with Gasteiger partial charge in [-0.05, 0) is 20.3 Å². The summed E-state index contributed by atoms with van der Waals surface area (Å²) in [5.41, 5.74) is 0. The Labute approximate surface area is 77.9 Å². The lowest BCUT2D eigenvalue weighted by Gasteiger charge is -2.33. The minimum Gasteiger partial charge on any atom is -0.372 e. The Hall–Kier alpha value is -0.640. The summed E-state index contributed by atoms with van der Waals surface area (Å²) in [6.07, 6.45) is -0.0421. The van der Waals surface area contributed by atoms with Crippen molar-refractivity contribution in [3.63, 3.8) is 0 Å². The predicted molar refractivity (Wildman–Crippen MR) is 47.2 cm³/mol. The standard InChI is InChI=1S/C9H16FNO2/c1-7(2)13-9-3-4-11(6-12)5-8(9)10/h6-9H,3-5H2,1-2H3/t8-,9+/m1/s1. The molecule has 0 radical (unpaired) electrons. The Morgan fingerprint density at radius 2 is 2.31 bits per heavy atom. The third kappa shape index (κ3) is 2.95. The molecule has 0 aliphatic carbocycles. The highest BCUT2D eigenvalue weighted by Crippen LogP contribution is 2.17. The topological polar surface area (TPSA) is 29.5 Å². The zero-order valence-electron chi connectivity index (χ0n) is 8.07. The Bertz CT molecular complexity index is 175. The van der Waals surface area contributed by atoms with E-state index in [2.05, 4.69) is 0 Å². The van der Waals surface area contributed by atoms with Gasteiger partial charge < -0.3 is 9.64 Å². The zero-order chi connectivity index (χ0) is 9.84. The average Bonchev–Trinajstić information content (AvgIpc) is 2.08. The molecule has 2 atom stereocenters. The van der Waals surface area contributed by atoms with Crippen LogP contribution in [0.3, 0.4) is 0 Å². The number of halogens is 1. The van der Waals surface area contributed by atoms with Gasteiger partial charge in [-0.2, -0.15) is 0 Å². The number of alkyl halides is 1. The summed E-state index contributed by atoms with van der Waals surface area (Å²) >= 11 is 0. The van der Waals surface area contributed by atoms with E-state index < -0.39 is 6.17 Å². The summed E-state index contributed by atoms with van der Waals surface area (Å²) < 4.78 is 18.7. The minimum absolute atomic E-state index is 0.0473. The molecule has 13 heavy (non-hydrogen) atoms. The quantitative estimate of drug-likeness (QED) is 0.619. The van der Waals surface area contributed by atoms with E-state index in [9.17, 15) is 9.18 Å². The van der Waals surface area contributed by atoms with E-state index in [1.165, 1.54) is 4.90 Å². The highest BCUT2D eigenvalue weighted by Gasteiger charge is 2.29. The Morgan fingerprint density at radius 1 is 1.62 bits per heavy atom. The second-order valence-electron chi connectivity index (χ2n) is 3.63. The lowest BCUT2D eigenvalue weighted by Crippen LogP contribution is -2.45. The molecule has 0 N–H and O–H groups in total. The fourth-order valence-corrected chi connectivity index (χ4v) is 1.51. The normalized spacial score (nSPS) is 29.4. The monoisotopic (exact) mass is 189 g/mol. The van der Waals surface area contributed by atoms with Crippen molar-refractivity contribution < 1.29 is 13.9 Å². The molecule has 4 heteroatoms. The maximum absolute atomic E-state index is 13.3. The van der Waals surface area contributed by atoms with Gasteiger partial charge in [-0.3, -0.25) is 4.79 Å². The lowest BCUT2D eigenvalue weighted by atomic mass is 10.1. The van der Waals surface area contributed by atoms with Crippen LogP contribution < -0.4 is 0 Å². The summed E-state index contributed by atoms with van der Waals surface area (Å²) in [5.74, 6) is 0. The molecule has 0 saturated carbocycles. The first-order valence-corrected chi connectivity index (χ1v) is 4.62. The Balaban J connectivity index is 2.39. The molecule has 1 fully saturated rings. The molecule has 0 spiro atoms. The van der Waals surface area contributed by atoms with Gasteiger partial charge in [0.1, 0.15) is 6.17 Å². The number of likely N-dealkylation sites (tertiary alicyclic amines) is 1. The van der Waals surface area contributed by atoms with Crippen molar-refractivity contribution in [2.45, 2.75) is 38.6 Å². The van der Waals surface area contributed by atoms with Gasteiger partial charge in [0.2, 0.25) is 6.41 Å². The van der Waals surface area contributed by atoms with Gasteiger partial charge in [-0.25, -0.2) is 4.39 Å². The van der Waals surface area contributed by atoms with Crippen LogP contribution in [0, 0.1) is 0 Å². The van der Waals surface area contributed by atoms with Crippen LogP contribution in [0.15, 0.2) is 0 Å². The molecule has 0 aromatic heterocycles. The van der Waals surface area contributed by atoms with Crippen LogP contribution in [0.5, 0.6) is 0 Å². The first kappa shape index (κ1) is 10.4. The molecule has 1 rings (SSSR count). The Kier molecular flexibility index (Phi) is 3.66. The average molecular weight is 189 g/mol. The van der Waals surface area contributed by atoms with Crippen LogP contribution >= 0.6 is 0 Å². The third-order valence-corrected chi connectivity index (χ3v) is 2.11. The van der Waals surface area contributed by atoms with E-state index in [1.54, 1.807) is 0 Å². The molecule has 76 valence electrons. The Morgan fingerprint density at radius 3 is 2.77 bits per heavy atom. The molecule has 1 amide bonds. The van der Waals surface area contributed by atoms with Crippen LogP contribution in [0.25, 0.3) is 0 Å². The molecule has 3 nitrogen and oxygen atoms in total. The van der Waals surface area contributed by atoms with E-state index in [0.717, 1.165) is 0 Å². The van der Waals surface area contributed by atoms with Gasteiger partial charge in [0.05, 0.1) is 18.8 Å². The summed E-state index contributed by atoms with van der Waals surface area (Å²) in [7, 11) is 0. The number of ether oxygens (including phenoxy) is 1. The van der Waals surface area contributed by atoms with E-state index >= 15 is 0 Å². The van der Waals surface area contributed by atoms with Gasteiger partial charge in [0.15, 0.2) is 0 Å². The first-order chi connectivity index (χ1) is 6.13. The van der Waals surface area contributed by atoms with Gasteiger partial charge in [-0.15, -0.1) is 0 Å². The maximum Gasteiger partial charge on any atom is 0.209 e. The number of carbonyl (C=O) groups excluding carboxylic acids is 1. The third-order valence-electron chi connectivity index (χ3n) is 2.11. The largest absolute Gasteiger partial charge is 0.372 e. The van der Waals surface area contributed by atoms with Crippen molar-refractivity contribution in [1.29, 1.82) is 0 Å². The van der Waals surface area contributed by atoms with Crippen molar-refractivity contribution >= 4 is 6.41 Å². The molecular formula is C9H16FNO2. The maximum atomic E-state index is 13.3. The zero-order valence-corrected chi connectivity index (χ0v) is 8.07. The number of carbonyl (C=O) groups is 1. The van der Waals surface area contributed by atoms with Crippen LogP contribution in [0.1, 0.15) is 20.3 Å². The second-order valence-corrected chi connectivity index (χ2v) is 3.63. The predicted octanol–water partition coefficient (Wildman–Crippen LogP) is 0.980. The van der Waals surface area contributed by atoms with E-state index in [-0.39, 0.29) is 18.8 Å². The first-order valence-electron chi connectivity index (χ1n) is 4.62. The number of rotatable bonds is 3. The summed E-state index contributed by atoms with van der Waals surface area (Å²) in [6.45, 7) is 4.54. The van der Waals surface area contributed by atoms with Crippen molar-refractivity contribution in [2.75, 3.05) is 13.1 Å². The van der Waals surface area contributed by atoms with Gasteiger partial charge in [0, 0.05) is 6.54 Å². The highest BCUT2D eigenvalue weighted by atomic mass is 19.1. The summed E-state index contributed by atoms with van der Waals surface area (Å²) in [4.78, 5) is 11.8. The van der Waals surface area contributed by atoms with Gasteiger partial charge in [0.25, 0.3) is 0 Å². The molecule has 1 saturated heterocycles. The fourth-order valence-electron chi connectivity index (χ4n) is 1.51. The summed E-state index contributed by atoms with van der Waals surface area (Å²) in [6, 6.07) is 0. The fraction of sp³-hybridized carbons (Fsp3) is 0.889. The number of piperidine rings is 1. The smallest absolute Gasteiger partial charge is 0.209 e. The molecule has 1 aliphatic rings. The molecule has 0 unspecified atom stereocenters. The lowest BCUT2D eigenvalue weighted by molar-refractivity contribution is -0.125. The van der Waals surface area contributed by atoms with Crippen LogP contribution in [-0.2, 0) is 9.53 Å². The van der Waals surface area contributed by atoms with E-state index in [1.807, 2.05) is 13.8 Å². The minimum atomic E-state index is -1.04. The summed E-state index contributed by atoms with van der Waals surface area (Å²) in [5, 5.41) is 0. The molecule has 0 aromatic rings. The molecule has 1 aliphatic heterocycles. The number of hydrogen-bond acceptors (Lipinski definition) is 2. The van der Waals surface area contributed by atoms with E-state index in [4.69, 9.17) is 4.74 Å². The van der Waals surface area contributed by atoms with Crippen LogP contribution in [0.4, 0.5) is 4.39 Å².